The Balaban J connectivity index is 1.59. The Kier molecular flexibility index (Phi) is 9.38. The highest BCUT2D eigenvalue weighted by atomic mass is 16.2. The number of pyridine rings is 1. The molecule has 2 amide bonds. The van der Waals surface area contributed by atoms with Gasteiger partial charge in [-0.3, -0.25) is 14.6 Å². The minimum atomic E-state index is -0.301. The molecule has 5 N–H and O–H groups in total. The van der Waals surface area contributed by atoms with Gasteiger partial charge in [-0.2, -0.15) is 0 Å². The summed E-state index contributed by atoms with van der Waals surface area (Å²) in [4.78, 5) is 35.4. The zero-order valence-electron chi connectivity index (χ0n) is 22.0. The number of aromatic nitrogens is 1. The fraction of sp³-hybridized carbons (Fsp3) is 0.310. The summed E-state index contributed by atoms with van der Waals surface area (Å²) in [5, 5.41) is 4.87. The number of nitrogen functional groups attached to an aromatic ring is 1. The molecule has 194 valence electrons. The molecule has 1 aromatic heterocycles. The molecule has 0 aliphatic carbocycles. The van der Waals surface area contributed by atoms with Crippen molar-refractivity contribution in [1.29, 1.82) is 0 Å². The third-order valence-corrected chi connectivity index (χ3v) is 6.58. The fourth-order valence-corrected chi connectivity index (χ4v) is 4.32. The second-order valence-corrected chi connectivity index (χ2v) is 8.92. The van der Waals surface area contributed by atoms with E-state index in [4.69, 9.17) is 11.5 Å². The van der Waals surface area contributed by atoms with Crippen LogP contribution in [0.15, 0.2) is 59.4 Å². The summed E-state index contributed by atoms with van der Waals surface area (Å²) >= 11 is 0. The first-order valence-corrected chi connectivity index (χ1v) is 12.5. The van der Waals surface area contributed by atoms with Crippen LogP contribution in [0, 0.1) is 13.8 Å². The first-order valence-electron chi connectivity index (χ1n) is 12.5. The van der Waals surface area contributed by atoms with Gasteiger partial charge < -0.3 is 21.7 Å². The van der Waals surface area contributed by atoms with Crippen molar-refractivity contribution in [3.05, 3.63) is 82.2 Å². The lowest BCUT2D eigenvalue weighted by Gasteiger charge is -2.18. The Morgan fingerprint density at radius 3 is 2.38 bits per heavy atom. The number of carbonyl (C=O) groups excluding carboxylic acids is 2. The molecule has 3 rings (SSSR count). The first-order chi connectivity index (χ1) is 17.8. The Morgan fingerprint density at radius 1 is 1.05 bits per heavy atom. The molecule has 0 atom stereocenters. The fourth-order valence-electron chi connectivity index (χ4n) is 4.32. The van der Waals surface area contributed by atoms with E-state index in [0.29, 0.717) is 38.4 Å². The number of fused-ring (bicyclic) bond motifs is 1. The van der Waals surface area contributed by atoms with E-state index in [2.05, 4.69) is 15.3 Å². The summed E-state index contributed by atoms with van der Waals surface area (Å²) in [6.07, 6.45) is 4.81. The molecule has 0 saturated carbocycles. The highest BCUT2D eigenvalue weighted by Crippen LogP contribution is 2.27. The molecule has 8 heteroatoms. The minimum Gasteiger partial charge on any atom is -0.404 e. The SMILES string of the molecule is CCN(CC)C(=O)Cc1ccc(CN=C/C(=C\N)C(=O)NCc2c(C)cc3c(N)nccc3c2C)cc1. The number of anilines is 1. The van der Waals surface area contributed by atoms with Crippen molar-refractivity contribution in [2.45, 2.75) is 47.2 Å². The summed E-state index contributed by atoms with van der Waals surface area (Å²) in [5.41, 5.74) is 17.1. The topological polar surface area (TPSA) is 127 Å². The van der Waals surface area contributed by atoms with Gasteiger partial charge in [-0.15, -0.1) is 0 Å². The van der Waals surface area contributed by atoms with Crippen molar-refractivity contribution in [1.82, 2.24) is 15.2 Å². The molecule has 0 fully saturated rings. The average Bonchev–Trinajstić information content (AvgIpc) is 2.88. The van der Waals surface area contributed by atoms with E-state index in [1.165, 1.54) is 12.4 Å². The predicted molar refractivity (Wildman–Crippen MR) is 150 cm³/mol. The van der Waals surface area contributed by atoms with E-state index in [9.17, 15) is 9.59 Å². The van der Waals surface area contributed by atoms with Crippen molar-refractivity contribution in [3.63, 3.8) is 0 Å². The molecular formula is C29H36N6O2. The summed E-state index contributed by atoms with van der Waals surface area (Å²) in [5.74, 6) is 0.311. The van der Waals surface area contributed by atoms with Gasteiger partial charge in [0, 0.05) is 43.6 Å². The maximum Gasteiger partial charge on any atom is 0.254 e. The Bertz CT molecular complexity index is 1320. The number of carbonyl (C=O) groups is 2. The number of nitrogens with one attached hydrogen (secondary N) is 1. The van der Waals surface area contributed by atoms with Gasteiger partial charge in [-0.1, -0.05) is 24.3 Å². The third-order valence-electron chi connectivity index (χ3n) is 6.58. The molecule has 0 aliphatic rings. The van der Waals surface area contributed by atoms with Crippen LogP contribution < -0.4 is 16.8 Å². The lowest BCUT2D eigenvalue weighted by Crippen LogP contribution is -2.31. The number of aliphatic imine (C=N–C) groups is 1. The normalized spacial score (nSPS) is 11.7. The number of benzene rings is 2. The van der Waals surface area contributed by atoms with Crippen LogP contribution in [-0.4, -0.2) is 41.0 Å². The highest BCUT2D eigenvalue weighted by Gasteiger charge is 2.13. The number of likely N-dealkylation sites (N-methyl/N-ethyl adjacent to an activating group) is 1. The van der Waals surface area contributed by atoms with Gasteiger partial charge in [0.05, 0.1) is 18.5 Å². The average molecular weight is 501 g/mol. The van der Waals surface area contributed by atoms with E-state index in [1.807, 2.05) is 69.0 Å². The highest BCUT2D eigenvalue weighted by molar-refractivity contribution is 6.12. The van der Waals surface area contributed by atoms with Crippen molar-refractivity contribution in [2.75, 3.05) is 18.8 Å². The van der Waals surface area contributed by atoms with E-state index in [1.54, 1.807) is 6.20 Å². The molecule has 1 heterocycles. The number of hydrogen-bond acceptors (Lipinski definition) is 6. The van der Waals surface area contributed by atoms with E-state index in [0.717, 1.165) is 38.6 Å². The van der Waals surface area contributed by atoms with Crippen molar-refractivity contribution in [2.24, 2.45) is 10.7 Å². The van der Waals surface area contributed by atoms with Crippen molar-refractivity contribution < 1.29 is 9.59 Å². The maximum absolute atomic E-state index is 12.8. The molecule has 0 bridgehead atoms. The lowest BCUT2D eigenvalue weighted by molar-refractivity contribution is -0.130. The summed E-state index contributed by atoms with van der Waals surface area (Å²) < 4.78 is 0. The number of hydrogen-bond donors (Lipinski definition) is 3. The summed E-state index contributed by atoms with van der Waals surface area (Å²) in [7, 11) is 0. The molecule has 37 heavy (non-hydrogen) atoms. The third kappa shape index (κ3) is 6.73. The van der Waals surface area contributed by atoms with Crippen molar-refractivity contribution in [3.8, 4) is 0 Å². The second kappa shape index (κ2) is 12.7. The largest absolute Gasteiger partial charge is 0.404 e. The number of rotatable bonds is 10. The zero-order valence-corrected chi connectivity index (χ0v) is 22.0. The quantitative estimate of drug-likeness (QED) is 0.290. The van der Waals surface area contributed by atoms with E-state index >= 15 is 0 Å². The molecule has 8 nitrogen and oxygen atoms in total. The number of nitrogens with zero attached hydrogens (tertiary/aromatic N) is 3. The van der Waals surface area contributed by atoms with Crippen LogP contribution in [0.1, 0.15) is 41.7 Å². The van der Waals surface area contributed by atoms with Gasteiger partial charge >= 0.3 is 0 Å². The second-order valence-electron chi connectivity index (χ2n) is 8.92. The van der Waals surface area contributed by atoms with Gasteiger partial charge in [-0.05, 0) is 73.0 Å². The molecule has 0 saturated heterocycles. The van der Waals surface area contributed by atoms with Crippen LogP contribution in [0.25, 0.3) is 10.8 Å². The van der Waals surface area contributed by atoms with Gasteiger partial charge in [0.25, 0.3) is 5.91 Å². The van der Waals surface area contributed by atoms with Gasteiger partial charge in [0.2, 0.25) is 5.91 Å². The predicted octanol–water partition coefficient (Wildman–Crippen LogP) is 3.57. The number of amides is 2. The van der Waals surface area contributed by atoms with Crippen LogP contribution in [0.3, 0.4) is 0 Å². The first kappa shape index (κ1) is 27.4. The van der Waals surface area contributed by atoms with E-state index < -0.39 is 0 Å². The smallest absolute Gasteiger partial charge is 0.254 e. The van der Waals surface area contributed by atoms with Gasteiger partial charge in [0.1, 0.15) is 5.82 Å². The minimum absolute atomic E-state index is 0.120. The van der Waals surface area contributed by atoms with Crippen LogP contribution >= 0.6 is 0 Å². The van der Waals surface area contributed by atoms with Gasteiger partial charge in [0.15, 0.2) is 0 Å². The van der Waals surface area contributed by atoms with Crippen LogP contribution in [0.2, 0.25) is 0 Å². The van der Waals surface area contributed by atoms with Gasteiger partial charge in [-0.25, -0.2) is 4.98 Å². The molecule has 0 unspecified atom stereocenters. The monoisotopic (exact) mass is 500 g/mol. The lowest BCUT2D eigenvalue weighted by atomic mass is 9.96. The van der Waals surface area contributed by atoms with Crippen molar-refractivity contribution >= 4 is 34.6 Å². The maximum atomic E-state index is 12.8. The molecule has 0 radical (unpaired) electrons. The number of nitrogens with two attached hydrogens (primary N) is 2. The molecule has 2 aromatic carbocycles. The zero-order chi connectivity index (χ0) is 26.9. The van der Waals surface area contributed by atoms with Crippen LogP contribution in [0.5, 0.6) is 0 Å². The molecule has 0 spiro atoms. The molecule has 3 aromatic rings. The Labute approximate surface area is 218 Å². The summed E-state index contributed by atoms with van der Waals surface area (Å²) in [6.45, 7) is 10.1. The summed E-state index contributed by atoms with van der Waals surface area (Å²) in [6, 6.07) is 11.7. The standard InChI is InChI=1S/C29H36N6O2/c1-5-35(6-2)27(36)14-21-7-9-22(10-8-21)16-32-17-23(15-30)29(37)34-18-26-19(3)13-25-24(20(26)4)11-12-33-28(25)31/h7-13,15,17H,5-6,14,16,18,30H2,1-4H3,(H2,31,33)(H,34,37)/b23-15+,32-17?. The van der Waals surface area contributed by atoms with E-state index in [-0.39, 0.29) is 17.4 Å². The van der Waals surface area contributed by atoms with Crippen LogP contribution in [-0.2, 0) is 29.1 Å². The molecule has 0 aliphatic heterocycles. The molecular weight excluding hydrogens is 464 g/mol. The number of aryl methyl sites for hydroxylation is 2. The Hall–Kier alpha value is -4.20. The Morgan fingerprint density at radius 2 is 1.73 bits per heavy atom. The van der Waals surface area contributed by atoms with Crippen LogP contribution in [0.4, 0.5) is 5.82 Å².